The van der Waals surface area contributed by atoms with Crippen LogP contribution < -0.4 is 4.72 Å². The number of hydrogen-bond acceptors (Lipinski definition) is 4. The van der Waals surface area contributed by atoms with E-state index in [1.54, 1.807) is 0 Å². The van der Waals surface area contributed by atoms with Gasteiger partial charge in [-0.2, -0.15) is 12.7 Å². The summed E-state index contributed by atoms with van der Waals surface area (Å²) in [5.41, 5.74) is 0. The van der Waals surface area contributed by atoms with Gasteiger partial charge in [0.05, 0.1) is 6.61 Å². The fourth-order valence-corrected chi connectivity index (χ4v) is 1.22. The molecule has 0 aliphatic carbocycles. The Bertz CT molecular complexity index is 262. The van der Waals surface area contributed by atoms with Gasteiger partial charge in [0.1, 0.15) is 0 Å². The molecule has 78 valence electrons. The SMILES string of the molecule is COCCN(C)S(=O)(=O)NC(=O)O. The van der Waals surface area contributed by atoms with Crippen LogP contribution in [0, 0.1) is 0 Å². The van der Waals surface area contributed by atoms with Gasteiger partial charge < -0.3 is 9.84 Å². The molecule has 1 amide bonds. The van der Waals surface area contributed by atoms with E-state index in [1.165, 1.54) is 18.9 Å². The Hall–Kier alpha value is -0.860. The zero-order valence-corrected chi connectivity index (χ0v) is 8.17. The van der Waals surface area contributed by atoms with Crippen LogP contribution in [-0.2, 0) is 14.9 Å². The number of hydrogen-bond donors (Lipinski definition) is 2. The molecule has 8 heteroatoms. The first-order valence-electron chi connectivity index (χ1n) is 3.36. The third-order valence-corrected chi connectivity index (χ3v) is 2.67. The van der Waals surface area contributed by atoms with Gasteiger partial charge in [-0.25, -0.2) is 9.52 Å². The van der Waals surface area contributed by atoms with Crippen LogP contribution in [0.15, 0.2) is 0 Å². The van der Waals surface area contributed by atoms with E-state index in [0.29, 0.717) is 0 Å². The number of carbonyl (C=O) groups is 1. The first-order valence-corrected chi connectivity index (χ1v) is 4.80. The lowest BCUT2D eigenvalue weighted by Gasteiger charge is -2.15. The van der Waals surface area contributed by atoms with Crippen LogP contribution in [0.1, 0.15) is 0 Å². The predicted octanol–water partition coefficient (Wildman–Crippen LogP) is -0.923. The standard InChI is InChI=1S/C5H12N2O5S/c1-7(3-4-12-2)13(10,11)6-5(8)9/h6H,3-4H2,1-2H3,(H,8,9). The van der Waals surface area contributed by atoms with Crippen molar-refractivity contribution in [2.24, 2.45) is 0 Å². The summed E-state index contributed by atoms with van der Waals surface area (Å²) < 4.78 is 28.9. The fraction of sp³-hybridized carbons (Fsp3) is 0.800. The van der Waals surface area contributed by atoms with Crippen molar-refractivity contribution in [3.05, 3.63) is 0 Å². The number of ether oxygens (including phenoxy) is 1. The monoisotopic (exact) mass is 212 g/mol. The predicted molar refractivity (Wildman–Crippen MR) is 44.6 cm³/mol. The summed E-state index contributed by atoms with van der Waals surface area (Å²) in [4.78, 5) is 10.0. The van der Waals surface area contributed by atoms with E-state index in [2.05, 4.69) is 4.74 Å². The molecule has 0 rings (SSSR count). The van der Waals surface area contributed by atoms with Crippen LogP contribution in [0.2, 0.25) is 0 Å². The Balaban J connectivity index is 4.20. The molecular formula is C5H12N2O5S. The van der Waals surface area contributed by atoms with E-state index in [4.69, 9.17) is 5.11 Å². The van der Waals surface area contributed by atoms with Crippen LogP contribution >= 0.6 is 0 Å². The minimum atomic E-state index is -3.93. The molecule has 0 radical (unpaired) electrons. The zero-order chi connectivity index (χ0) is 10.5. The van der Waals surface area contributed by atoms with Crippen molar-refractivity contribution >= 4 is 16.3 Å². The Morgan fingerprint density at radius 3 is 2.54 bits per heavy atom. The number of methoxy groups -OCH3 is 1. The fourth-order valence-electron chi connectivity index (χ4n) is 0.528. The lowest BCUT2D eigenvalue weighted by Crippen LogP contribution is -2.42. The molecule has 0 aliphatic rings. The van der Waals surface area contributed by atoms with Gasteiger partial charge in [0.25, 0.3) is 0 Å². The molecule has 0 spiro atoms. The first kappa shape index (κ1) is 12.1. The Morgan fingerprint density at radius 1 is 1.62 bits per heavy atom. The normalized spacial score (nSPS) is 11.6. The number of likely N-dealkylation sites (N-methyl/N-ethyl adjacent to an activating group) is 1. The second-order valence-electron chi connectivity index (χ2n) is 2.23. The van der Waals surface area contributed by atoms with Crippen molar-refractivity contribution in [1.82, 2.24) is 9.03 Å². The lowest BCUT2D eigenvalue weighted by molar-refractivity contribution is 0.183. The quantitative estimate of drug-likeness (QED) is 0.614. The van der Waals surface area contributed by atoms with Gasteiger partial charge in [0.2, 0.25) is 0 Å². The minimum absolute atomic E-state index is 0.0963. The van der Waals surface area contributed by atoms with E-state index in [1.807, 2.05) is 0 Å². The van der Waals surface area contributed by atoms with Crippen molar-refractivity contribution in [2.45, 2.75) is 0 Å². The molecule has 0 saturated carbocycles. The molecule has 0 bridgehead atoms. The van der Waals surface area contributed by atoms with Crippen LogP contribution in [0.4, 0.5) is 4.79 Å². The van der Waals surface area contributed by atoms with Gasteiger partial charge in [-0.05, 0) is 0 Å². The average Bonchev–Trinajstić information content (AvgIpc) is 1.97. The largest absolute Gasteiger partial charge is 0.464 e. The molecule has 0 aromatic carbocycles. The molecule has 2 N–H and O–H groups in total. The number of rotatable bonds is 5. The number of nitrogens with zero attached hydrogens (tertiary/aromatic N) is 1. The first-order chi connectivity index (χ1) is 5.90. The van der Waals surface area contributed by atoms with Crippen LogP contribution in [0.25, 0.3) is 0 Å². The molecule has 0 unspecified atom stereocenters. The zero-order valence-electron chi connectivity index (χ0n) is 7.35. The van der Waals surface area contributed by atoms with Crippen LogP contribution in [-0.4, -0.2) is 51.2 Å². The Morgan fingerprint density at radius 2 is 2.15 bits per heavy atom. The second-order valence-corrected chi connectivity index (χ2v) is 4.00. The van der Waals surface area contributed by atoms with E-state index >= 15 is 0 Å². The van der Waals surface area contributed by atoms with Gasteiger partial charge >= 0.3 is 16.3 Å². The van der Waals surface area contributed by atoms with Gasteiger partial charge in [0.15, 0.2) is 0 Å². The maximum absolute atomic E-state index is 11.0. The average molecular weight is 212 g/mol. The summed E-state index contributed by atoms with van der Waals surface area (Å²) in [6.07, 6.45) is -1.61. The van der Waals surface area contributed by atoms with Gasteiger partial charge in [0, 0.05) is 20.7 Å². The van der Waals surface area contributed by atoms with Gasteiger partial charge in [-0.1, -0.05) is 0 Å². The molecule has 7 nitrogen and oxygen atoms in total. The summed E-state index contributed by atoms with van der Waals surface area (Å²) in [5, 5.41) is 8.18. The van der Waals surface area contributed by atoms with Crippen molar-refractivity contribution in [3.8, 4) is 0 Å². The maximum atomic E-state index is 11.0. The highest BCUT2D eigenvalue weighted by molar-refractivity contribution is 7.87. The smallest absolute Gasteiger partial charge is 0.419 e. The second kappa shape index (κ2) is 5.00. The van der Waals surface area contributed by atoms with Crippen molar-refractivity contribution in [2.75, 3.05) is 27.3 Å². The summed E-state index contributed by atoms with van der Waals surface area (Å²) in [7, 11) is -1.25. The summed E-state index contributed by atoms with van der Waals surface area (Å²) in [6.45, 7) is 0.302. The molecule has 0 heterocycles. The lowest BCUT2D eigenvalue weighted by atomic mass is 10.7. The molecule has 0 saturated heterocycles. The number of nitrogens with one attached hydrogen (secondary N) is 1. The minimum Gasteiger partial charge on any atom is -0.464 e. The molecule has 0 aromatic heterocycles. The molecule has 13 heavy (non-hydrogen) atoms. The molecule has 0 aliphatic heterocycles. The van der Waals surface area contributed by atoms with E-state index < -0.39 is 16.3 Å². The molecular weight excluding hydrogens is 200 g/mol. The number of carboxylic acid groups (broad SMARTS) is 1. The van der Waals surface area contributed by atoms with E-state index in [0.717, 1.165) is 4.31 Å². The molecule has 0 aromatic rings. The molecule has 0 atom stereocenters. The highest BCUT2D eigenvalue weighted by atomic mass is 32.2. The Labute approximate surface area is 76.5 Å². The maximum Gasteiger partial charge on any atom is 0.419 e. The third-order valence-electron chi connectivity index (χ3n) is 1.24. The summed E-state index contributed by atoms with van der Waals surface area (Å²) in [6, 6.07) is 0. The van der Waals surface area contributed by atoms with Crippen molar-refractivity contribution in [1.29, 1.82) is 0 Å². The van der Waals surface area contributed by atoms with Crippen LogP contribution in [0.3, 0.4) is 0 Å². The topological polar surface area (TPSA) is 95.9 Å². The summed E-state index contributed by atoms with van der Waals surface area (Å²) in [5.74, 6) is 0. The van der Waals surface area contributed by atoms with Crippen molar-refractivity contribution < 1.29 is 23.1 Å². The highest BCUT2D eigenvalue weighted by Crippen LogP contribution is 1.92. The van der Waals surface area contributed by atoms with Gasteiger partial charge in [-0.3, -0.25) is 0 Å². The van der Waals surface area contributed by atoms with Crippen molar-refractivity contribution in [3.63, 3.8) is 0 Å². The molecule has 0 fully saturated rings. The number of amides is 1. The van der Waals surface area contributed by atoms with E-state index in [9.17, 15) is 13.2 Å². The third kappa shape index (κ3) is 4.65. The van der Waals surface area contributed by atoms with Crippen LogP contribution in [0.5, 0.6) is 0 Å². The Kier molecular flexibility index (Phi) is 4.67. The van der Waals surface area contributed by atoms with Gasteiger partial charge in [-0.15, -0.1) is 0 Å². The highest BCUT2D eigenvalue weighted by Gasteiger charge is 2.19. The summed E-state index contributed by atoms with van der Waals surface area (Å²) >= 11 is 0. The van der Waals surface area contributed by atoms with E-state index in [-0.39, 0.29) is 13.2 Å².